The molecule has 2 aromatic carbocycles. The van der Waals surface area contributed by atoms with Gasteiger partial charge in [0.25, 0.3) is 0 Å². The predicted molar refractivity (Wildman–Crippen MR) is 142 cm³/mol. The average Bonchev–Trinajstić information content (AvgIpc) is 3.70. The van der Waals surface area contributed by atoms with Crippen LogP contribution in [-0.4, -0.2) is 10.8 Å². The Labute approximate surface area is 214 Å². The SMILES string of the molecule is CC(=O)[C@@H](C)[C@H](c1ccc2c(c1)OC(c1ccc(-c3cc(C)ncc3F)c(C(C)C)c1)CC2)C1CC1. The van der Waals surface area contributed by atoms with E-state index in [0.29, 0.717) is 11.5 Å². The molecule has 0 radical (unpaired) electrons. The fourth-order valence-corrected chi connectivity index (χ4v) is 5.76. The highest BCUT2D eigenvalue weighted by Crippen LogP contribution is 2.48. The molecule has 1 fully saturated rings. The minimum absolute atomic E-state index is 0.0216. The van der Waals surface area contributed by atoms with Crippen LogP contribution in [0.1, 0.15) is 92.8 Å². The lowest BCUT2D eigenvalue weighted by atomic mass is 9.80. The molecule has 2 heterocycles. The van der Waals surface area contributed by atoms with Crippen LogP contribution in [0.2, 0.25) is 0 Å². The van der Waals surface area contributed by atoms with Crippen LogP contribution in [0.5, 0.6) is 5.75 Å². The van der Waals surface area contributed by atoms with E-state index in [4.69, 9.17) is 4.74 Å². The van der Waals surface area contributed by atoms with Crippen molar-refractivity contribution < 1.29 is 13.9 Å². The molecule has 3 nitrogen and oxygen atoms in total. The molecule has 3 aromatic rings. The van der Waals surface area contributed by atoms with Crippen molar-refractivity contribution in [2.45, 2.75) is 78.2 Å². The zero-order valence-electron chi connectivity index (χ0n) is 22.0. The topological polar surface area (TPSA) is 39.2 Å². The largest absolute Gasteiger partial charge is 0.485 e. The summed E-state index contributed by atoms with van der Waals surface area (Å²) in [6.45, 7) is 9.95. The highest BCUT2D eigenvalue weighted by Gasteiger charge is 2.38. The third-order valence-electron chi connectivity index (χ3n) is 8.08. The predicted octanol–water partition coefficient (Wildman–Crippen LogP) is 8.10. The van der Waals surface area contributed by atoms with E-state index in [1.165, 1.54) is 30.2 Å². The number of ketones is 1. The number of hydrogen-bond donors (Lipinski definition) is 0. The van der Waals surface area contributed by atoms with E-state index in [1.54, 1.807) is 6.92 Å². The Morgan fingerprint density at radius 3 is 2.50 bits per heavy atom. The monoisotopic (exact) mass is 485 g/mol. The van der Waals surface area contributed by atoms with Gasteiger partial charge < -0.3 is 4.74 Å². The first-order valence-corrected chi connectivity index (χ1v) is 13.3. The number of pyridine rings is 1. The summed E-state index contributed by atoms with van der Waals surface area (Å²) in [5.41, 5.74) is 7.02. The standard InChI is InChI=1S/C32H36FNO2/c1-18(2)27-15-24(10-12-26(27)28-14-19(3)34-17-29(28)33)30-13-11-22-6-9-25(16-31(22)36-30)32(23-7-8-23)20(4)21(5)35/h6,9-10,12,14-18,20,23,30,32H,7-8,11,13H2,1-5H3/t20-,30?,32+/m1/s1. The second kappa shape index (κ2) is 9.80. The summed E-state index contributed by atoms with van der Waals surface area (Å²) in [4.78, 5) is 16.3. The van der Waals surface area contributed by atoms with Gasteiger partial charge in [0.05, 0.1) is 6.20 Å². The lowest BCUT2D eigenvalue weighted by molar-refractivity contribution is -0.121. The molecule has 2 aliphatic rings. The van der Waals surface area contributed by atoms with Gasteiger partial charge >= 0.3 is 0 Å². The summed E-state index contributed by atoms with van der Waals surface area (Å²) in [7, 11) is 0. The van der Waals surface area contributed by atoms with E-state index in [1.807, 2.05) is 19.1 Å². The van der Waals surface area contributed by atoms with Crippen molar-refractivity contribution in [3.05, 3.63) is 82.4 Å². The normalized spacial score (nSPS) is 18.9. The molecule has 0 bridgehead atoms. The molecule has 3 atom stereocenters. The summed E-state index contributed by atoms with van der Waals surface area (Å²) in [6.07, 6.45) is 5.52. The van der Waals surface area contributed by atoms with Crippen molar-refractivity contribution in [1.82, 2.24) is 4.98 Å². The van der Waals surface area contributed by atoms with Gasteiger partial charge in [-0.05, 0) is 97.2 Å². The Balaban J connectivity index is 1.46. The van der Waals surface area contributed by atoms with Gasteiger partial charge in [0.1, 0.15) is 23.5 Å². The maximum Gasteiger partial charge on any atom is 0.149 e. The van der Waals surface area contributed by atoms with E-state index in [0.717, 1.165) is 41.0 Å². The van der Waals surface area contributed by atoms with Crippen LogP contribution >= 0.6 is 0 Å². The number of halogens is 1. The van der Waals surface area contributed by atoms with Crippen molar-refractivity contribution in [2.75, 3.05) is 0 Å². The molecule has 5 rings (SSSR count). The fraction of sp³-hybridized carbons (Fsp3) is 0.438. The Hall–Kier alpha value is -3.01. The van der Waals surface area contributed by atoms with Gasteiger partial charge in [-0.15, -0.1) is 0 Å². The quantitative estimate of drug-likeness (QED) is 0.339. The lowest BCUT2D eigenvalue weighted by Crippen LogP contribution is -2.20. The Morgan fingerprint density at radius 2 is 1.81 bits per heavy atom. The summed E-state index contributed by atoms with van der Waals surface area (Å²) in [5.74, 6) is 2.02. The first-order valence-electron chi connectivity index (χ1n) is 13.3. The van der Waals surface area contributed by atoms with Crippen LogP contribution in [0.4, 0.5) is 4.39 Å². The van der Waals surface area contributed by atoms with Gasteiger partial charge in [-0.3, -0.25) is 9.78 Å². The summed E-state index contributed by atoms with van der Waals surface area (Å²) in [6, 6.07) is 14.7. The highest BCUT2D eigenvalue weighted by molar-refractivity contribution is 5.79. The minimum Gasteiger partial charge on any atom is -0.485 e. The second-order valence-electron chi connectivity index (χ2n) is 11.1. The molecule has 0 spiro atoms. The zero-order chi connectivity index (χ0) is 25.6. The van der Waals surface area contributed by atoms with Crippen LogP contribution in [0.3, 0.4) is 0 Å². The molecule has 0 N–H and O–H groups in total. The lowest BCUT2D eigenvalue weighted by Gasteiger charge is -2.29. The number of carbonyl (C=O) groups excluding carboxylic acids is 1. The Morgan fingerprint density at radius 1 is 1.03 bits per heavy atom. The molecule has 0 saturated heterocycles. The third kappa shape index (κ3) is 4.83. The van der Waals surface area contributed by atoms with Crippen LogP contribution in [0.15, 0.2) is 48.7 Å². The number of rotatable bonds is 7. The van der Waals surface area contributed by atoms with E-state index >= 15 is 0 Å². The molecule has 1 aliphatic heterocycles. The summed E-state index contributed by atoms with van der Waals surface area (Å²) >= 11 is 0. The molecule has 4 heteroatoms. The maximum absolute atomic E-state index is 14.7. The number of Topliss-reactive ketones (excluding diaryl/α,β-unsaturated/α-hetero) is 1. The molecule has 188 valence electrons. The average molecular weight is 486 g/mol. The number of aryl methyl sites for hydroxylation is 2. The second-order valence-corrected chi connectivity index (χ2v) is 11.1. The number of ether oxygens (including phenoxy) is 1. The van der Waals surface area contributed by atoms with Crippen LogP contribution < -0.4 is 4.74 Å². The zero-order valence-corrected chi connectivity index (χ0v) is 22.0. The fourth-order valence-electron chi connectivity index (χ4n) is 5.76. The van der Waals surface area contributed by atoms with Gasteiger partial charge in [0.2, 0.25) is 0 Å². The van der Waals surface area contributed by atoms with Crippen molar-refractivity contribution in [3.63, 3.8) is 0 Å². The van der Waals surface area contributed by atoms with Crippen molar-refractivity contribution in [3.8, 4) is 16.9 Å². The summed E-state index contributed by atoms with van der Waals surface area (Å²) < 4.78 is 21.3. The number of carbonyl (C=O) groups is 1. The van der Waals surface area contributed by atoms with Crippen molar-refractivity contribution >= 4 is 5.78 Å². The smallest absolute Gasteiger partial charge is 0.149 e. The maximum atomic E-state index is 14.7. The van der Waals surface area contributed by atoms with Gasteiger partial charge in [-0.1, -0.05) is 51.1 Å². The van der Waals surface area contributed by atoms with E-state index < -0.39 is 0 Å². The Bertz CT molecular complexity index is 1290. The van der Waals surface area contributed by atoms with Gasteiger partial charge in [0, 0.05) is 17.2 Å². The molecular formula is C32H36FNO2. The van der Waals surface area contributed by atoms with Crippen LogP contribution in [0.25, 0.3) is 11.1 Å². The summed E-state index contributed by atoms with van der Waals surface area (Å²) in [5, 5.41) is 0. The van der Waals surface area contributed by atoms with E-state index in [2.05, 4.69) is 56.1 Å². The Kier molecular flexibility index (Phi) is 6.72. The molecule has 1 aliphatic carbocycles. The van der Waals surface area contributed by atoms with Crippen molar-refractivity contribution in [2.24, 2.45) is 11.8 Å². The number of aromatic nitrogens is 1. The first kappa shape index (κ1) is 24.7. The molecule has 1 saturated carbocycles. The van der Waals surface area contributed by atoms with E-state index in [9.17, 15) is 9.18 Å². The molecule has 36 heavy (non-hydrogen) atoms. The van der Waals surface area contributed by atoms with Gasteiger partial charge in [-0.2, -0.15) is 0 Å². The van der Waals surface area contributed by atoms with Gasteiger partial charge in [0.15, 0.2) is 0 Å². The number of benzene rings is 2. The number of nitrogens with zero attached hydrogens (tertiary/aromatic N) is 1. The molecule has 1 unspecified atom stereocenters. The molecule has 1 aromatic heterocycles. The van der Waals surface area contributed by atoms with Crippen LogP contribution in [-0.2, 0) is 11.2 Å². The number of hydrogen-bond acceptors (Lipinski definition) is 3. The number of fused-ring (bicyclic) bond motifs is 1. The molecular weight excluding hydrogens is 449 g/mol. The molecule has 0 amide bonds. The van der Waals surface area contributed by atoms with Crippen molar-refractivity contribution in [1.29, 1.82) is 0 Å². The third-order valence-corrected chi connectivity index (χ3v) is 8.08. The minimum atomic E-state index is -0.296. The first-order chi connectivity index (χ1) is 17.2. The van der Waals surface area contributed by atoms with Gasteiger partial charge in [-0.25, -0.2) is 4.39 Å². The van der Waals surface area contributed by atoms with Crippen LogP contribution in [0, 0.1) is 24.6 Å². The van der Waals surface area contributed by atoms with E-state index in [-0.39, 0.29) is 35.5 Å². The highest BCUT2D eigenvalue weighted by atomic mass is 19.1.